The number of aryl methyl sites for hydroxylation is 2. The van der Waals surface area contributed by atoms with E-state index in [-0.39, 0.29) is 0 Å². The molecule has 0 unspecified atom stereocenters. The Labute approximate surface area is 336 Å². The Morgan fingerprint density at radius 2 is 0.585 bits per heavy atom. The zero-order valence-corrected chi connectivity index (χ0v) is 37.4. The van der Waals surface area contributed by atoms with Crippen LogP contribution in [0.1, 0.15) is 296 Å². The molecule has 2 nitrogen and oxygen atoms in total. The second-order valence-corrected chi connectivity index (χ2v) is 17.6. The maximum Gasteiger partial charge on any atom is 0.256 e. The lowest BCUT2D eigenvalue weighted by atomic mass is 10.0. The zero-order chi connectivity index (χ0) is 38.0. The molecule has 0 radical (unpaired) electrons. The minimum Gasteiger partial charge on any atom is -0.234 e. The molecule has 0 saturated carbocycles. The number of nitrogens with zero attached hydrogens (tertiary/aromatic N) is 2. The summed E-state index contributed by atoms with van der Waals surface area (Å²) in [6.07, 6.45) is 66.8. The summed E-state index contributed by atoms with van der Waals surface area (Å²) in [6.45, 7) is 9.42. The fourth-order valence-corrected chi connectivity index (χ4v) is 8.62. The monoisotopic (exact) mass is 742 g/mol. The molecule has 0 aliphatic carbocycles. The summed E-state index contributed by atoms with van der Waals surface area (Å²) in [6, 6.07) is 0. The summed E-state index contributed by atoms with van der Waals surface area (Å²) in [7, 11) is 0. The van der Waals surface area contributed by atoms with Crippen LogP contribution in [-0.2, 0) is 19.5 Å². The van der Waals surface area contributed by atoms with Gasteiger partial charge < -0.3 is 0 Å². The fraction of sp³-hybridized carbons (Fsp3) is 0.941. The van der Waals surface area contributed by atoms with Gasteiger partial charge in [0.25, 0.3) is 5.82 Å². The third-order valence-electron chi connectivity index (χ3n) is 12.3. The molecule has 1 rings (SSSR count). The molecule has 0 aliphatic rings. The van der Waals surface area contributed by atoms with Gasteiger partial charge in [0.15, 0.2) is 0 Å². The first-order valence-electron chi connectivity index (χ1n) is 25.4. The van der Waals surface area contributed by atoms with Crippen molar-refractivity contribution in [2.75, 3.05) is 0 Å². The van der Waals surface area contributed by atoms with E-state index < -0.39 is 0 Å². The topological polar surface area (TPSA) is 8.81 Å². The standard InChI is InChI=1S/C51H101N2/c1-4-7-10-13-16-19-22-24-26-27-28-30-32-34-37-40-43-46-51-52(47-44-41-38-35-21-18-15-12-9-6-3)49-50-53(51)48-45-42-39-36-33-31-29-25-23-20-17-14-11-8-5-2/h49-50H,4-48H2,1-3H3/q+1. The Morgan fingerprint density at radius 3 is 0.906 bits per heavy atom. The van der Waals surface area contributed by atoms with E-state index in [1.54, 1.807) is 5.82 Å². The van der Waals surface area contributed by atoms with Crippen molar-refractivity contribution < 1.29 is 4.57 Å². The fourth-order valence-electron chi connectivity index (χ4n) is 8.62. The molecule has 1 aromatic heterocycles. The second-order valence-electron chi connectivity index (χ2n) is 17.6. The van der Waals surface area contributed by atoms with Crippen LogP contribution < -0.4 is 4.57 Å². The Bertz CT molecular complexity index is 811. The normalized spacial score (nSPS) is 11.7. The first-order valence-corrected chi connectivity index (χ1v) is 25.4. The smallest absolute Gasteiger partial charge is 0.234 e. The highest BCUT2D eigenvalue weighted by atomic mass is 15.1. The molecule has 0 fully saturated rings. The van der Waals surface area contributed by atoms with Crippen molar-refractivity contribution in [3.05, 3.63) is 18.2 Å². The third kappa shape index (κ3) is 34.2. The lowest BCUT2D eigenvalue weighted by Gasteiger charge is -2.07. The SMILES string of the molecule is CCCCCCCCCCCCCCCCCCCc1n(CCCCCCCCCCCC)cc[n+]1CCCCCCCCCCCCCCCCC. The van der Waals surface area contributed by atoms with Gasteiger partial charge in [-0.1, -0.05) is 258 Å². The van der Waals surface area contributed by atoms with Crippen LogP contribution >= 0.6 is 0 Å². The number of unbranched alkanes of at least 4 members (excludes halogenated alkanes) is 39. The molecule has 0 aliphatic heterocycles. The van der Waals surface area contributed by atoms with Crippen LogP contribution in [0.25, 0.3) is 0 Å². The van der Waals surface area contributed by atoms with Crippen LogP contribution in [0.15, 0.2) is 12.4 Å². The van der Waals surface area contributed by atoms with E-state index in [4.69, 9.17) is 0 Å². The van der Waals surface area contributed by atoms with Crippen molar-refractivity contribution in [1.82, 2.24) is 4.57 Å². The number of imidazole rings is 1. The summed E-state index contributed by atoms with van der Waals surface area (Å²) in [4.78, 5) is 0. The Hall–Kier alpha value is -0.790. The van der Waals surface area contributed by atoms with Gasteiger partial charge in [0, 0.05) is 6.42 Å². The van der Waals surface area contributed by atoms with E-state index in [1.165, 1.54) is 289 Å². The zero-order valence-electron chi connectivity index (χ0n) is 37.4. The molecule has 0 N–H and O–H groups in total. The summed E-state index contributed by atoms with van der Waals surface area (Å²) >= 11 is 0. The predicted molar refractivity (Wildman–Crippen MR) is 239 cm³/mol. The minimum absolute atomic E-state index is 1.23. The molecule has 1 aromatic rings. The molecule has 0 aromatic carbocycles. The van der Waals surface area contributed by atoms with Gasteiger partial charge in [-0.3, -0.25) is 0 Å². The lowest BCUT2D eigenvalue weighted by molar-refractivity contribution is -0.704. The van der Waals surface area contributed by atoms with E-state index in [2.05, 4.69) is 42.3 Å². The molecule has 314 valence electrons. The highest BCUT2D eigenvalue weighted by Crippen LogP contribution is 2.17. The van der Waals surface area contributed by atoms with Gasteiger partial charge in [-0.25, -0.2) is 9.13 Å². The van der Waals surface area contributed by atoms with E-state index in [1.807, 2.05) is 0 Å². The van der Waals surface area contributed by atoms with Crippen LogP contribution in [0, 0.1) is 0 Å². The van der Waals surface area contributed by atoms with Crippen LogP contribution in [0.4, 0.5) is 0 Å². The summed E-state index contributed by atoms with van der Waals surface area (Å²) in [5, 5.41) is 0. The van der Waals surface area contributed by atoms with Crippen LogP contribution in [0.2, 0.25) is 0 Å². The summed E-state index contributed by atoms with van der Waals surface area (Å²) in [5.74, 6) is 1.63. The summed E-state index contributed by atoms with van der Waals surface area (Å²) in [5.41, 5.74) is 0. The minimum atomic E-state index is 1.23. The molecular formula is C51H101N2+. The van der Waals surface area contributed by atoms with E-state index in [0.29, 0.717) is 0 Å². The Morgan fingerprint density at radius 1 is 0.321 bits per heavy atom. The average Bonchev–Trinajstić information content (AvgIpc) is 3.55. The van der Waals surface area contributed by atoms with Crippen molar-refractivity contribution in [3.63, 3.8) is 0 Å². The van der Waals surface area contributed by atoms with Crippen molar-refractivity contribution in [3.8, 4) is 0 Å². The quantitative estimate of drug-likeness (QED) is 0.0465. The van der Waals surface area contributed by atoms with Gasteiger partial charge in [0.1, 0.15) is 12.4 Å². The van der Waals surface area contributed by atoms with Crippen molar-refractivity contribution in [1.29, 1.82) is 0 Å². The first kappa shape index (κ1) is 50.2. The van der Waals surface area contributed by atoms with E-state index in [0.717, 1.165) is 0 Å². The average molecular weight is 742 g/mol. The summed E-state index contributed by atoms with van der Waals surface area (Å²) < 4.78 is 5.31. The Balaban J connectivity index is 2.23. The van der Waals surface area contributed by atoms with Gasteiger partial charge in [0.2, 0.25) is 0 Å². The molecule has 0 bridgehead atoms. The van der Waals surface area contributed by atoms with Crippen LogP contribution in [0.3, 0.4) is 0 Å². The van der Waals surface area contributed by atoms with Crippen LogP contribution in [-0.4, -0.2) is 4.57 Å². The Kier molecular flexibility index (Phi) is 40.1. The molecule has 0 saturated heterocycles. The molecule has 1 heterocycles. The maximum atomic E-state index is 2.66. The number of hydrogen-bond acceptors (Lipinski definition) is 0. The third-order valence-corrected chi connectivity index (χ3v) is 12.3. The van der Waals surface area contributed by atoms with E-state index >= 15 is 0 Å². The molecular weight excluding hydrogens is 641 g/mol. The highest BCUT2D eigenvalue weighted by Gasteiger charge is 2.16. The van der Waals surface area contributed by atoms with Gasteiger partial charge in [-0.2, -0.15) is 0 Å². The van der Waals surface area contributed by atoms with Crippen LogP contribution in [0.5, 0.6) is 0 Å². The molecule has 0 spiro atoms. The molecule has 53 heavy (non-hydrogen) atoms. The molecule has 2 heteroatoms. The number of aromatic nitrogens is 2. The lowest BCUT2D eigenvalue weighted by Crippen LogP contribution is -2.37. The van der Waals surface area contributed by atoms with Gasteiger partial charge >= 0.3 is 0 Å². The van der Waals surface area contributed by atoms with Gasteiger partial charge in [-0.15, -0.1) is 0 Å². The molecule has 0 amide bonds. The predicted octanol–water partition coefficient (Wildman–Crippen LogP) is 17.8. The van der Waals surface area contributed by atoms with Gasteiger partial charge in [0.05, 0.1) is 13.1 Å². The van der Waals surface area contributed by atoms with E-state index in [9.17, 15) is 0 Å². The second kappa shape index (κ2) is 42.4. The van der Waals surface area contributed by atoms with Crippen molar-refractivity contribution >= 4 is 0 Å². The van der Waals surface area contributed by atoms with Gasteiger partial charge in [-0.05, 0) is 32.1 Å². The largest absolute Gasteiger partial charge is 0.256 e. The number of hydrogen-bond donors (Lipinski definition) is 0. The molecule has 0 atom stereocenters. The highest BCUT2D eigenvalue weighted by molar-refractivity contribution is 4.84. The first-order chi connectivity index (χ1) is 26.3. The van der Waals surface area contributed by atoms with Crippen molar-refractivity contribution in [2.45, 2.75) is 310 Å². The maximum absolute atomic E-state index is 2.66. The van der Waals surface area contributed by atoms with Crippen molar-refractivity contribution in [2.24, 2.45) is 0 Å². The number of rotatable bonds is 45.